The van der Waals surface area contributed by atoms with Crippen LogP contribution in [0.15, 0.2) is 0 Å². The van der Waals surface area contributed by atoms with Crippen LogP contribution in [0.25, 0.3) is 0 Å². The maximum Gasteiger partial charge on any atom is 0.0558 e. The van der Waals surface area contributed by atoms with Gasteiger partial charge in [0.25, 0.3) is 0 Å². The van der Waals surface area contributed by atoms with Gasteiger partial charge < -0.3 is 10.2 Å². The second kappa shape index (κ2) is 9.44. The quantitative estimate of drug-likeness (QED) is 0.590. The highest BCUT2D eigenvalue weighted by Crippen LogP contribution is 2.09. The van der Waals surface area contributed by atoms with E-state index in [0.29, 0.717) is 13.1 Å². The summed E-state index contributed by atoms with van der Waals surface area (Å²) >= 11 is 0. The summed E-state index contributed by atoms with van der Waals surface area (Å²) in [4.78, 5) is 2.11. The molecule has 0 bridgehead atoms. The molecule has 0 aliphatic rings. The highest BCUT2D eigenvalue weighted by Gasteiger charge is 2.04. The summed E-state index contributed by atoms with van der Waals surface area (Å²) in [6.45, 7) is 7.20. The third-order valence-corrected chi connectivity index (χ3v) is 2.70. The van der Waals surface area contributed by atoms with E-state index in [1.165, 1.54) is 12.8 Å². The Bertz CT molecular complexity index is 114. The summed E-state index contributed by atoms with van der Waals surface area (Å²) in [5.74, 6) is 0.792. The van der Waals surface area contributed by atoms with Crippen molar-refractivity contribution in [2.75, 3.05) is 32.8 Å². The van der Waals surface area contributed by atoms with Crippen molar-refractivity contribution in [3.05, 3.63) is 0 Å². The monoisotopic (exact) mass is 203 g/mol. The van der Waals surface area contributed by atoms with E-state index in [0.717, 1.165) is 18.9 Å². The van der Waals surface area contributed by atoms with Gasteiger partial charge in [-0.3, -0.25) is 4.90 Å². The SMILES string of the molecule is CCC(C)CCCN(CCO)CCO. The zero-order valence-corrected chi connectivity index (χ0v) is 9.58. The molecule has 0 aromatic carbocycles. The fourth-order valence-corrected chi connectivity index (χ4v) is 1.49. The molecule has 3 nitrogen and oxygen atoms in total. The van der Waals surface area contributed by atoms with Crippen molar-refractivity contribution in [1.29, 1.82) is 0 Å². The van der Waals surface area contributed by atoms with Gasteiger partial charge in [-0.15, -0.1) is 0 Å². The van der Waals surface area contributed by atoms with Crippen molar-refractivity contribution in [3.63, 3.8) is 0 Å². The summed E-state index contributed by atoms with van der Waals surface area (Å²) in [6.07, 6.45) is 3.64. The van der Waals surface area contributed by atoms with Crippen LogP contribution in [-0.4, -0.2) is 48.0 Å². The van der Waals surface area contributed by atoms with Gasteiger partial charge in [-0.1, -0.05) is 20.3 Å². The molecule has 0 aromatic heterocycles. The molecule has 0 heterocycles. The Kier molecular flexibility index (Phi) is 9.35. The minimum absolute atomic E-state index is 0.184. The van der Waals surface area contributed by atoms with Crippen molar-refractivity contribution >= 4 is 0 Å². The average Bonchev–Trinajstić information content (AvgIpc) is 2.18. The Morgan fingerprint density at radius 1 is 1.07 bits per heavy atom. The standard InChI is InChI=1S/C11H25NO2/c1-3-11(2)5-4-6-12(7-9-13)8-10-14/h11,13-14H,3-10H2,1-2H3. The third kappa shape index (κ3) is 7.30. The first-order chi connectivity index (χ1) is 6.74. The van der Waals surface area contributed by atoms with Gasteiger partial charge in [-0.05, 0) is 25.3 Å². The highest BCUT2D eigenvalue weighted by atomic mass is 16.3. The molecular weight excluding hydrogens is 178 g/mol. The third-order valence-electron chi connectivity index (χ3n) is 2.70. The molecule has 0 aliphatic heterocycles. The van der Waals surface area contributed by atoms with Gasteiger partial charge in [0.2, 0.25) is 0 Å². The smallest absolute Gasteiger partial charge is 0.0558 e. The van der Waals surface area contributed by atoms with Crippen LogP contribution in [0.5, 0.6) is 0 Å². The highest BCUT2D eigenvalue weighted by molar-refractivity contribution is 4.58. The number of aliphatic hydroxyl groups is 2. The van der Waals surface area contributed by atoms with E-state index in [4.69, 9.17) is 10.2 Å². The fraction of sp³-hybridized carbons (Fsp3) is 1.00. The molecule has 1 unspecified atom stereocenters. The maximum absolute atomic E-state index is 8.79. The van der Waals surface area contributed by atoms with Gasteiger partial charge in [0.15, 0.2) is 0 Å². The molecule has 86 valence electrons. The number of hydrogen-bond acceptors (Lipinski definition) is 3. The van der Waals surface area contributed by atoms with Gasteiger partial charge >= 0.3 is 0 Å². The topological polar surface area (TPSA) is 43.7 Å². The summed E-state index contributed by atoms with van der Waals surface area (Å²) in [6, 6.07) is 0. The molecule has 3 heteroatoms. The Labute approximate surface area is 87.7 Å². The van der Waals surface area contributed by atoms with Crippen LogP contribution < -0.4 is 0 Å². The van der Waals surface area contributed by atoms with Crippen molar-refractivity contribution in [2.45, 2.75) is 33.1 Å². The molecule has 0 aliphatic carbocycles. The number of rotatable bonds is 9. The largest absolute Gasteiger partial charge is 0.395 e. The molecule has 0 radical (unpaired) electrons. The Hall–Kier alpha value is -0.120. The molecule has 0 saturated carbocycles. The van der Waals surface area contributed by atoms with Crippen LogP contribution in [0.2, 0.25) is 0 Å². The normalized spacial score (nSPS) is 13.5. The van der Waals surface area contributed by atoms with Crippen molar-refractivity contribution < 1.29 is 10.2 Å². The molecule has 0 amide bonds. The van der Waals surface area contributed by atoms with E-state index in [1.807, 2.05) is 0 Å². The molecular formula is C11H25NO2. The molecule has 0 fully saturated rings. The zero-order chi connectivity index (χ0) is 10.8. The number of hydrogen-bond donors (Lipinski definition) is 2. The molecule has 0 aromatic rings. The van der Waals surface area contributed by atoms with Gasteiger partial charge in [0, 0.05) is 13.1 Å². The first-order valence-corrected chi connectivity index (χ1v) is 5.68. The lowest BCUT2D eigenvalue weighted by Crippen LogP contribution is -2.31. The van der Waals surface area contributed by atoms with Crippen molar-refractivity contribution in [1.82, 2.24) is 4.90 Å². The second-order valence-corrected chi connectivity index (χ2v) is 3.94. The minimum atomic E-state index is 0.184. The Morgan fingerprint density at radius 3 is 2.07 bits per heavy atom. The molecule has 0 rings (SSSR count). The number of nitrogens with zero attached hydrogens (tertiary/aromatic N) is 1. The summed E-state index contributed by atoms with van der Waals surface area (Å²) in [7, 11) is 0. The van der Waals surface area contributed by atoms with Crippen molar-refractivity contribution in [2.24, 2.45) is 5.92 Å². The zero-order valence-electron chi connectivity index (χ0n) is 9.58. The van der Waals surface area contributed by atoms with Crippen LogP contribution in [0.4, 0.5) is 0 Å². The van der Waals surface area contributed by atoms with Crippen LogP contribution in [0.1, 0.15) is 33.1 Å². The van der Waals surface area contributed by atoms with Crippen molar-refractivity contribution in [3.8, 4) is 0 Å². The van der Waals surface area contributed by atoms with E-state index < -0.39 is 0 Å². The van der Waals surface area contributed by atoms with Crippen LogP contribution in [0, 0.1) is 5.92 Å². The lowest BCUT2D eigenvalue weighted by molar-refractivity contribution is 0.157. The van der Waals surface area contributed by atoms with Crippen LogP contribution >= 0.6 is 0 Å². The van der Waals surface area contributed by atoms with Gasteiger partial charge in [-0.25, -0.2) is 0 Å². The first-order valence-electron chi connectivity index (χ1n) is 5.68. The Balaban J connectivity index is 3.49. The van der Waals surface area contributed by atoms with Gasteiger partial charge in [0.1, 0.15) is 0 Å². The Morgan fingerprint density at radius 2 is 1.64 bits per heavy atom. The molecule has 0 spiro atoms. The van der Waals surface area contributed by atoms with E-state index in [-0.39, 0.29) is 13.2 Å². The predicted molar refractivity (Wildman–Crippen MR) is 59.3 cm³/mol. The van der Waals surface area contributed by atoms with Crippen LogP contribution in [-0.2, 0) is 0 Å². The average molecular weight is 203 g/mol. The van der Waals surface area contributed by atoms with Gasteiger partial charge in [-0.2, -0.15) is 0 Å². The van der Waals surface area contributed by atoms with E-state index >= 15 is 0 Å². The lowest BCUT2D eigenvalue weighted by atomic mass is 10.0. The summed E-state index contributed by atoms with van der Waals surface area (Å²) in [5.41, 5.74) is 0. The minimum Gasteiger partial charge on any atom is -0.395 e. The van der Waals surface area contributed by atoms with E-state index in [2.05, 4.69) is 18.7 Å². The first kappa shape index (κ1) is 13.9. The van der Waals surface area contributed by atoms with Crippen LogP contribution in [0.3, 0.4) is 0 Å². The number of aliphatic hydroxyl groups excluding tert-OH is 2. The van der Waals surface area contributed by atoms with E-state index in [9.17, 15) is 0 Å². The molecule has 0 saturated heterocycles. The molecule has 1 atom stereocenters. The lowest BCUT2D eigenvalue weighted by Gasteiger charge is -2.20. The second-order valence-electron chi connectivity index (χ2n) is 3.94. The summed E-state index contributed by atoms with van der Waals surface area (Å²) in [5, 5.41) is 17.6. The maximum atomic E-state index is 8.79. The van der Waals surface area contributed by atoms with E-state index in [1.54, 1.807) is 0 Å². The fourth-order valence-electron chi connectivity index (χ4n) is 1.49. The van der Waals surface area contributed by atoms with Gasteiger partial charge in [0.05, 0.1) is 13.2 Å². The predicted octanol–water partition coefficient (Wildman–Crippen LogP) is 1.10. The summed E-state index contributed by atoms with van der Waals surface area (Å²) < 4.78 is 0. The molecule has 2 N–H and O–H groups in total. The molecule has 14 heavy (non-hydrogen) atoms.